The van der Waals surface area contributed by atoms with Crippen LogP contribution >= 0.6 is 15.9 Å². The number of carbonyl (C=O) groups is 1. The Kier molecular flexibility index (Phi) is 5.15. The van der Waals surface area contributed by atoms with Gasteiger partial charge in [0.05, 0.1) is 5.75 Å². The highest BCUT2D eigenvalue weighted by atomic mass is 79.9. The maximum absolute atomic E-state index is 11.8. The molecule has 3 N–H and O–H groups in total. The highest BCUT2D eigenvalue weighted by Gasteiger charge is 2.17. The number of anilines is 1. The van der Waals surface area contributed by atoms with E-state index < -0.39 is 21.5 Å². The molecule has 0 spiro atoms. The number of nitrogens with one attached hydrogen (secondary N) is 1. The lowest BCUT2D eigenvalue weighted by Gasteiger charge is -2.06. The maximum atomic E-state index is 11.8. The molecule has 18 heavy (non-hydrogen) atoms. The molecule has 0 fully saturated rings. The normalized spacial score (nSPS) is 11.2. The number of sulfone groups is 1. The van der Waals surface area contributed by atoms with Gasteiger partial charge in [-0.2, -0.15) is 0 Å². The van der Waals surface area contributed by atoms with Gasteiger partial charge in [0.15, 0.2) is 9.84 Å². The molecule has 1 amide bonds. The van der Waals surface area contributed by atoms with Crippen molar-refractivity contribution in [2.75, 3.05) is 18.0 Å². The van der Waals surface area contributed by atoms with Gasteiger partial charge in [0, 0.05) is 16.7 Å². The van der Waals surface area contributed by atoms with E-state index in [1.807, 2.05) is 0 Å². The van der Waals surface area contributed by atoms with E-state index in [4.69, 9.17) is 5.73 Å². The summed E-state index contributed by atoms with van der Waals surface area (Å²) in [6, 6.07) is 4.93. The van der Waals surface area contributed by atoms with E-state index in [0.29, 0.717) is 22.3 Å². The molecule has 1 aromatic rings. The number of hydrogen-bond donors (Lipinski definition) is 2. The fourth-order valence-corrected chi connectivity index (χ4v) is 2.97. The van der Waals surface area contributed by atoms with E-state index in [9.17, 15) is 13.2 Å². The molecule has 0 saturated heterocycles. The topological polar surface area (TPSA) is 89.3 Å². The number of halogens is 1. The fraction of sp³-hybridized carbons (Fsp3) is 0.364. The molecular weight excluding hydrogens is 320 g/mol. The molecule has 100 valence electrons. The standard InChI is InChI=1S/C11H15BrN2O3S/c1-2-14-11(15)7-18(16,17)6-8-3-4-9(12)10(13)5-8/h3-5H,2,6-7,13H2,1H3,(H,14,15). The number of amides is 1. The summed E-state index contributed by atoms with van der Waals surface area (Å²) in [4.78, 5) is 11.2. The molecule has 0 aliphatic carbocycles. The second-order valence-electron chi connectivity index (χ2n) is 3.84. The fourth-order valence-electron chi connectivity index (χ4n) is 1.44. The van der Waals surface area contributed by atoms with Crippen molar-refractivity contribution in [1.29, 1.82) is 0 Å². The van der Waals surface area contributed by atoms with Crippen molar-refractivity contribution in [2.24, 2.45) is 0 Å². The van der Waals surface area contributed by atoms with E-state index in [2.05, 4.69) is 21.2 Å². The van der Waals surface area contributed by atoms with Crippen molar-refractivity contribution >= 4 is 37.4 Å². The van der Waals surface area contributed by atoms with Crippen LogP contribution in [0, 0.1) is 0 Å². The average molecular weight is 335 g/mol. The van der Waals surface area contributed by atoms with E-state index in [0.717, 1.165) is 0 Å². The molecule has 0 heterocycles. The quantitative estimate of drug-likeness (QED) is 0.788. The van der Waals surface area contributed by atoms with Crippen molar-refractivity contribution in [3.63, 3.8) is 0 Å². The zero-order valence-electron chi connectivity index (χ0n) is 9.94. The summed E-state index contributed by atoms with van der Waals surface area (Å²) >= 11 is 3.23. The van der Waals surface area contributed by atoms with Crippen LogP contribution in [-0.4, -0.2) is 26.6 Å². The molecular formula is C11H15BrN2O3S. The van der Waals surface area contributed by atoms with Crippen LogP contribution in [0.25, 0.3) is 0 Å². The van der Waals surface area contributed by atoms with Crippen LogP contribution in [0.15, 0.2) is 22.7 Å². The number of nitrogens with two attached hydrogens (primary N) is 1. The van der Waals surface area contributed by atoms with Gasteiger partial charge in [-0.25, -0.2) is 8.42 Å². The summed E-state index contributed by atoms with van der Waals surface area (Å²) in [6.07, 6.45) is 0. The molecule has 0 aliphatic heterocycles. The van der Waals surface area contributed by atoms with Crippen molar-refractivity contribution in [3.05, 3.63) is 28.2 Å². The van der Waals surface area contributed by atoms with Crippen molar-refractivity contribution in [1.82, 2.24) is 5.32 Å². The lowest BCUT2D eigenvalue weighted by atomic mass is 10.2. The van der Waals surface area contributed by atoms with E-state index in [-0.39, 0.29) is 5.75 Å². The third-order valence-electron chi connectivity index (χ3n) is 2.17. The maximum Gasteiger partial charge on any atom is 0.235 e. The summed E-state index contributed by atoms with van der Waals surface area (Å²) in [5.74, 6) is -1.18. The third-order valence-corrected chi connectivity index (χ3v) is 4.37. The Morgan fingerprint density at radius 2 is 2.11 bits per heavy atom. The average Bonchev–Trinajstić information content (AvgIpc) is 2.22. The van der Waals surface area contributed by atoms with Gasteiger partial charge in [0.1, 0.15) is 5.75 Å². The monoisotopic (exact) mass is 334 g/mol. The number of rotatable bonds is 5. The van der Waals surface area contributed by atoms with Crippen molar-refractivity contribution < 1.29 is 13.2 Å². The summed E-state index contributed by atoms with van der Waals surface area (Å²) in [6.45, 7) is 2.15. The Hall–Kier alpha value is -1.08. The molecule has 0 bridgehead atoms. The molecule has 5 nitrogen and oxygen atoms in total. The van der Waals surface area contributed by atoms with E-state index >= 15 is 0 Å². The van der Waals surface area contributed by atoms with E-state index in [1.165, 1.54) is 0 Å². The lowest BCUT2D eigenvalue weighted by Crippen LogP contribution is -2.30. The van der Waals surface area contributed by atoms with Crippen LogP contribution in [0.2, 0.25) is 0 Å². The summed E-state index contributed by atoms with van der Waals surface area (Å²) < 4.78 is 24.3. The van der Waals surface area contributed by atoms with Crippen LogP contribution in [0.3, 0.4) is 0 Å². The molecule has 0 saturated carbocycles. The first-order chi connectivity index (χ1) is 8.34. The predicted molar refractivity (Wildman–Crippen MR) is 74.7 cm³/mol. The highest BCUT2D eigenvalue weighted by molar-refractivity contribution is 9.10. The molecule has 0 unspecified atom stereocenters. The van der Waals surface area contributed by atoms with Gasteiger partial charge in [-0.1, -0.05) is 6.07 Å². The van der Waals surface area contributed by atoms with E-state index in [1.54, 1.807) is 25.1 Å². The molecule has 0 radical (unpaired) electrons. The Morgan fingerprint density at radius 1 is 1.44 bits per heavy atom. The smallest absolute Gasteiger partial charge is 0.235 e. The molecule has 1 rings (SSSR count). The van der Waals surface area contributed by atoms with Gasteiger partial charge in [0.2, 0.25) is 5.91 Å². The minimum Gasteiger partial charge on any atom is -0.398 e. The zero-order chi connectivity index (χ0) is 13.8. The third kappa shape index (κ3) is 4.66. The second kappa shape index (κ2) is 6.19. The van der Waals surface area contributed by atoms with Gasteiger partial charge in [-0.3, -0.25) is 4.79 Å². The summed E-state index contributed by atoms with van der Waals surface area (Å²) in [5.41, 5.74) is 6.71. The first-order valence-electron chi connectivity index (χ1n) is 5.35. The number of carbonyl (C=O) groups excluding carboxylic acids is 1. The SMILES string of the molecule is CCNC(=O)CS(=O)(=O)Cc1ccc(Br)c(N)c1. The number of nitrogen functional groups attached to an aromatic ring is 1. The van der Waals surface area contributed by atoms with Gasteiger partial charge < -0.3 is 11.1 Å². The highest BCUT2D eigenvalue weighted by Crippen LogP contribution is 2.21. The Balaban J connectivity index is 2.76. The van der Waals surface area contributed by atoms with Crippen molar-refractivity contribution in [2.45, 2.75) is 12.7 Å². The van der Waals surface area contributed by atoms with Crippen LogP contribution in [0.1, 0.15) is 12.5 Å². The van der Waals surface area contributed by atoms with Gasteiger partial charge in [-0.15, -0.1) is 0 Å². The Morgan fingerprint density at radius 3 is 2.67 bits per heavy atom. The predicted octanol–water partition coefficient (Wildman–Crippen LogP) is 1.08. The van der Waals surface area contributed by atoms with Gasteiger partial charge in [0.25, 0.3) is 0 Å². The van der Waals surface area contributed by atoms with Gasteiger partial charge >= 0.3 is 0 Å². The largest absolute Gasteiger partial charge is 0.398 e. The summed E-state index contributed by atoms with van der Waals surface area (Å²) in [7, 11) is -3.47. The molecule has 7 heteroatoms. The van der Waals surface area contributed by atoms with Crippen LogP contribution in [-0.2, 0) is 20.4 Å². The lowest BCUT2D eigenvalue weighted by molar-refractivity contribution is -0.118. The second-order valence-corrected chi connectivity index (χ2v) is 6.76. The van der Waals surface area contributed by atoms with Crippen LogP contribution < -0.4 is 11.1 Å². The molecule has 0 atom stereocenters. The minimum atomic E-state index is -3.47. The number of hydrogen-bond acceptors (Lipinski definition) is 4. The first-order valence-corrected chi connectivity index (χ1v) is 7.96. The molecule has 0 aliphatic rings. The molecule has 1 aromatic carbocycles. The van der Waals surface area contributed by atoms with Crippen LogP contribution in [0.5, 0.6) is 0 Å². The molecule has 0 aromatic heterocycles. The van der Waals surface area contributed by atoms with Crippen LogP contribution in [0.4, 0.5) is 5.69 Å². The number of benzene rings is 1. The first kappa shape index (κ1) is 15.0. The Bertz CT molecular complexity index is 543. The van der Waals surface area contributed by atoms with Crippen molar-refractivity contribution in [3.8, 4) is 0 Å². The van der Waals surface area contributed by atoms with Gasteiger partial charge in [-0.05, 0) is 40.5 Å². The zero-order valence-corrected chi connectivity index (χ0v) is 12.3. The minimum absolute atomic E-state index is 0.193. The summed E-state index contributed by atoms with van der Waals surface area (Å²) in [5, 5.41) is 2.46. The Labute approximate surface area is 115 Å².